The van der Waals surface area contributed by atoms with E-state index in [0.29, 0.717) is 17.4 Å². The fourth-order valence-electron chi connectivity index (χ4n) is 7.33. The van der Waals surface area contributed by atoms with Gasteiger partial charge in [0.2, 0.25) is 5.91 Å². The summed E-state index contributed by atoms with van der Waals surface area (Å²) >= 11 is 0. The van der Waals surface area contributed by atoms with Gasteiger partial charge >= 0.3 is 13.8 Å². The molecule has 0 heterocycles. The van der Waals surface area contributed by atoms with E-state index in [9.17, 15) is 19.0 Å². The van der Waals surface area contributed by atoms with Crippen molar-refractivity contribution in [2.45, 2.75) is 251 Å². The first-order valence-electron chi connectivity index (χ1n) is 25.7. The van der Waals surface area contributed by atoms with Gasteiger partial charge in [-0.05, 0) is 51.0 Å². The third kappa shape index (κ3) is 43.5. The Labute approximate surface area is 377 Å². The van der Waals surface area contributed by atoms with Gasteiger partial charge in [-0.25, -0.2) is 4.57 Å². The van der Waals surface area contributed by atoms with Crippen LogP contribution < -0.4 is 5.32 Å². The topological polar surface area (TPSA) is 111 Å². The monoisotopic (exact) mass is 884 g/mol. The lowest BCUT2D eigenvalue weighted by Crippen LogP contribution is -2.47. The number of ether oxygens (including phenoxy) is 1. The van der Waals surface area contributed by atoms with Crippen LogP contribution in [0.3, 0.4) is 0 Å². The first-order valence-corrected chi connectivity index (χ1v) is 27.2. The van der Waals surface area contributed by atoms with Gasteiger partial charge in [0.15, 0.2) is 0 Å². The Morgan fingerprint density at radius 1 is 0.557 bits per heavy atom. The van der Waals surface area contributed by atoms with Gasteiger partial charge in [0.1, 0.15) is 19.3 Å². The summed E-state index contributed by atoms with van der Waals surface area (Å²) in [7, 11) is 1.50. The highest BCUT2D eigenvalue weighted by molar-refractivity contribution is 7.47. The number of unbranched alkanes of at least 4 members (excludes halogenated alkanes) is 28. The van der Waals surface area contributed by atoms with E-state index < -0.39 is 20.0 Å². The molecule has 10 heteroatoms. The van der Waals surface area contributed by atoms with Crippen molar-refractivity contribution in [3.05, 3.63) is 24.3 Å². The van der Waals surface area contributed by atoms with Gasteiger partial charge in [-0.15, -0.1) is 0 Å². The summed E-state index contributed by atoms with van der Waals surface area (Å²) in [6, 6.07) is -0.842. The lowest BCUT2D eigenvalue weighted by Gasteiger charge is -2.27. The predicted molar refractivity (Wildman–Crippen MR) is 259 cm³/mol. The van der Waals surface area contributed by atoms with E-state index in [-0.39, 0.29) is 31.5 Å². The number of allylic oxidation sites excluding steroid dienone is 3. The van der Waals surface area contributed by atoms with Gasteiger partial charge in [0.05, 0.1) is 33.8 Å². The van der Waals surface area contributed by atoms with Gasteiger partial charge in [-0.2, -0.15) is 0 Å². The quantitative estimate of drug-likeness (QED) is 0.0206. The van der Waals surface area contributed by atoms with E-state index >= 15 is 0 Å². The van der Waals surface area contributed by atoms with E-state index in [1.165, 1.54) is 122 Å². The molecule has 0 aromatic heterocycles. The summed E-state index contributed by atoms with van der Waals surface area (Å²) in [6.07, 6.45) is 45.9. The molecule has 0 fully saturated rings. The molecule has 0 radical (unpaired) electrons. The first-order chi connectivity index (χ1) is 29.4. The van der Waals surface area contributed by atoms with Crippen LogP contribution >= 0.6 is 7.82 Å². The number of nitrogens with one attached hydrogen (secondary N) is 1. The molecule has 0 aliphatic heterocycles. The highest BCUT2D eigenvalue weighted by Gasteiger charge is 2.30. The minimum Gasteiger partial charge on any atom is -0.456 e. The molecule has 1 amide bonds. The molecule has 0 aliphatic carbocycles. The molecule has 0 aliphatic rings. The molecule has 0 aromatic rings. The molecule has 0 bridgehead atoms. The molecule has 0 spiro atoms. The molecule has 0 saturated carbocycles. The summed E-state index contributed by atoms with van der Waals surface area (Å²) in [5.74, 6) is -0.512. The molecule has 9 nitrogen and oxygen atoms in total. The molecule has 61 heavy (non-hydrogen) atoms. The molecular formula is C51H100N2O7P+. The number of phosphoric acid groups is 1. The molecule has 3 atom stereocenters. The molecule has 0 saturated heterocycles. The first kappa shape index (κ1) is 59.5. The second kappa shape index (κ2) is 42.4. The molecule has 360 valence electrons. The van der Waals surface area contributed by atoms with Crippen molar-refractivity contribution >= 4 is 19.7 Å². The maximum Gasteiger partial charge on any atom is 0.472 e. The third-order valence-electron chi connectivity index (χ3n) is 11.4. The van der Waals surface area contributed by atoms with Crippen LogP contribution in [0.5, 0.6) is 0 Å². The Morgan fingerprint density at radius 2 is 0.967 bits per heavy atom. The standard InChI is InChI=1S/C51H99N2O7P/c1-7-10-13-16-19-22-25-26-29-30-33-36-39-42-49(60-51(55)44-41-38-35-32-28-24-21-18-15-12-9-3)48(47-59-61(56,57)58-46-45-53(4,5)6)52-50(54)43-40-37-34-31-27-23-20-17-14-11-8-2/h18,21,39,42,48-49H,7-17,19-20,22-38,40-41,43-47H2,1-6H3,(H-,52,54,56,57)/p+1/b21-18-,42-39+. The number of hydrogen-bond donors (Lipinski definition) is 2. The number of phosphoric ester groups is 1. The van der Waals surface area contributed by atoms with E-state index in [4.69, 9.17) is 13.8 Å². The van der Waals surface area contributed by atoms with Crippen LogP contribution in [0.25, 0.3) is 0 Å². The second-order valence-electron chi connectivity index (χ2n) is 18.7. The Kier molecular flexibility index (Phi) is 41.4. The highest BCUT2D eigenvalue weighted by Crippen LogP contribution is 2.43. The summed E-state index contributed by atoms with van der Waals surface area (Å²) in [5.41, 5.74) is 0. The lowest BCUT2D eigenvalue weighted by molar-refractivity contribution is -0.870. The maximum absolute atomic E-state index is 13.4. The molecule has 2 N–H and O–H groups in total. The minimum atomic E-state index is -4.43. The number of likely N-dealkylation sites (N-methyl/N-ethyl adjacent to an activating group) is 1. The van der Waals surface area contributed by atoms with Gasteiger partial charge in [0.25, 0.3) is 0 Å². The molecular weight excluding hydrogens is 784 g/mol. The van der Waals surface area contributed by atoms with Crippen LogP contribution in [-0.4, -0.2) is 74.3 Å². The smallest absolute Gasteiger partial charge is 0.456 e. The van der Waals surface area contributed by atoms with Crippen LogP contribution in [0.4, 0.5) is 0 Å². The maximum atomic E-state index is 13.4. The zero-order chi connectivity index (χ0) is 45.1. The Balaban J connectivity index is 5.46. The van der Waals surface area contributed by atoms with Crippen molar-refractivity contribution in [2.24, 2.45) is 0 Å². The van der Waals surface area contributed by atoms with Crippen molar-refractivity contribution in [3.8, 4) is 0 Å². The van der Waals surface area contributed by atoms with Crippen molar-refractivity contribution in [2.75, 3.05) is 40.9 Å². The summed E-state index contributed by atoms with van der Waals surface area (Å²) in [4.78, 5) is 37.3. The van der Waals surface area contributed by atoms with Crippen LogP contribution in [0, 0.1) is 0 Å². The van der Waals surface area contributed by atoms with E-state index in [0.717, 1.165) is 83.5 Å². The summed E-state index contributed by atoms with van der Waals surface area (Å²) in [5, 5.41) is 3.03. The number of carbonyl (C=O) groups is 2. The van der Waals surface area contributed by atoms with Crippen molar-refractivity contribution in [1.29, 1.82) is 0 Å². The number of carbonyl (C=O) groups excluding carboxylic acids is 2. The number of rotatable bonds is 46. The number of hydrogen-bond acceptors (Lipinski definition) is 6. The average Bonchev–Trinajstić information content (AvgIpc) is 3.21. The molecule has 0 rings (SSSR count). The normalized spacial score (nSPS) is 14.1. The number of quaternary nitrogens is 1. The highest BCUT2D eigenvalue weighted by atomic mass is 31.2. The Bertz CT molecular complexity index is 1110. The summed E-state index contributed by atoms with van der Waals surface area (Å²) in [6.45, 7) is 6.96. The number of amides is 1. The van der Waals surface area contributed by atoms with Gasteiger partial charge < -0.3 is 19.4 Å². The van der Waals surface area contributed by atoms with Crippen molar-refractivity contribution in [3.63, 3.8) is 0 Å². The fourth-order valence-corrected chi connectivity index (χ4v) is 8.07. The number of esters is 1. The molecule has 3 unspecified atom stereocenters. The van der Waals surface area contributed by atoms with Crippen molar-refractivity contribution in [1.82, 2.24) is 5.32 Å². The third-order valence-corrected chi connectivity index (χ3v) is 12.4. The van der Waals surface area contributed by atoms with E-state index in [2.05, 4.69) is 38.2 Å². The Hall–Kier alpha value is -1.51. The fraction of sp³-hybridized carbons (Fsp3) is 0.882. The Morgan fingerprint density at radius 3 is 1.44 bits per heavy atom. The largest absolute Gasteiger partial charge is 0.472 e. The zero-order valence-corrected chi connectivity index (χ0v) is 41.8. The van der Waals surface area contributed by atoms with Crippen LogP contribution in [0.1, 0.15) is 239 Å². The minimum absolute atomic E-state index is 0.0418. The zero-order valence-electron chi connectivity index (χ0n) is 40.9. The lowest BCUT2D eigenvalue weighted by atomic mass is 10.0. The summed E-state index contributed by atoms with van der Waals surface area (Å²) < 4.78 is 30.4. The van der Waals surface area contributed by atoms with Gasteiger partial charge in [0, 0.05) is 12.8 Å². The second-order valence-corrected chi connectivity index (χ2v) is 20.2. The average molecular weight is 884 g/mol. The van der Waals surface area contributed by atoms with Crippen molar-refractivity contribution < 1.29 is 37.3 Å². The van der Waals surface area contributed by atoms with E-state index in [1.54, 1.807) is 0 Å². The van der Waals surface area contributed by atoms with Gasteiger partial charge in [-0.3, -0.25) is 18.6 Å². The number of nitrogens with zero attached hydrogens (tertiary/aromatic N) is 1. The van der Waals surface area contributed by atoms with Gasteiger partial charge in [-0.1, -0.05) is 200 Å². The molecule has 0 aromatic carbocycles. The SMILES string of the molecule is CCCC/C=C\CCCCCCCC(=O)OC(/C=C/CCCCCCCCCCCCC)C(COP(=O)(O)OCC[N+](C)(C)C)NC(=O)CCCCCCCCCCCCC. The predicted octanol–water partition coefficient (Wildman–Crippen LogP) is 14.7. The van der Waals surface area contributed by atoms with Crippen LogP contribution in [-0.2, 0) is 27.9 Å². The van der Waals surface area contributed by atoms with Crippen LogP contribution in [0.2, 0.25) is 0 Å². The van der Waals surface area contributed by atoms with Crippen LogP contribution in [0.15, 0.2) is 24.3 Å². The van der Waals surface area contributed by atoms with E-state index in [1.807, 2.05) is 33.3 Å².